The molecule has 0 amide bonds. The third kappa shape index (κ3) is 3.48. The topological polar surface area (TPSA) is 91.1 Å². The van der Waals surface area contributed by atoms with E-state index in [1.54, 1.807) is 35.9 Å². The number of nitrogens with two attached hydrogens (primary N) is 1. The molecule has 0 saturated carbocycles. The quantitative estimate of drug-likeness (QED) is 0.498. The Labute approximate surface area is 184 Å². The number of imidazole rings is 1. The molecule has 2 heterocycles. The van der Waals surface area contributed by atoms with E-state index in [4.69, 9.17) is 5.73 Å². The number of rotatable bonds is 6. The highest BCUT2D eigenvalue weighted by Gasteiger charge is 2.22. The molecule has 2 aromatic heterocycles. The summed E-state index contributed by atoms with van der Waals surface area (Å²) < 4.78 is 18.6. The minimum Gasteiger partial charge on any atom is -0.344 e. The summed E-state index contributed by atoms with van der Waals surface area (Å²) in [6.07, 6.45) is 0. The van der Waals surface area contributed by atoms with Crippen molar-refractivity contribution in [1.29, 1.82) is 0 Å². The van der Waals surface area contributed by atoms with Crippen molar-refractivity contribution in [2.24, 2.45) is 12.8 Å². The van der Waals surface area contributed by atoms with Crippen molar-refractivity contribution in [3.05, 3.63) is 68.6 Å². The molecule has 2 aromatic carbocycles. The monoisotopic (exact) mass is 438 g/mol. The van der Waals surface area contributed by atoms with Crippen molar-refractivity contribution in [3.8, 4) is 0 Å². The van der Waals surface area contributed by atoms with Crippen LogP contribution in [0.5, 0.6) is 0 Å². The zero-order valence-corrected chi connectivity index (χ0v) is 18.7. The molecule has 9 heteroatoms. The van der Waals surface area contributed by atoms with Gasteiger partial charge in [0.1, 0.15) is 5.82 Å². The Kier molecular flexibility index (Phi) is 5.60. The summed E-state index contributed by atoms with van der Waals surface area (Å²) in [5, 5.41) is 1.12. The smallest absolute Gasteiger partial charge is 0.332 e. The number of nitrogens with zero attached hydrogens (tertiary/aromatic N) is 5. The molecule has 2 N–H and O–H groups in total. The summed E-state index contributed by atoms with van der Waals surface area (Å²) in [6.45, 7) is 4.90. The fourth-order valence-corrected chi connectivity index (χ4v) is 4.24. The van der Waals surface area contributed by atoms with Crippen molar-refractivity contribution in [2.75, 3.05) is 18.5 Å². The maximum atomic E-state index is 14.2. The molecule has 0 bridgehead atoms. The van der Waals surface area contributed by atoms with Gasteiger partial charge in [-0.2, -0.15) is 4.98 Å². The van der Waals surface area contributed by atoms with Gasteiger partial charge in [-0.3, -0.25) is 13.9 Å². The van der Waals surface area contributed by atoms with Crippen LogP contribution >= 0.6 is 0 Å². The Balaban J connectivity index is 1.94. The Bertz CT molecular complexity index is 1430. The fraction of sp³-hybridized carbons (Fsp3) is 0.348. The third-order valence-corrected chi connectivity index (χ3v) is 5.72. The Morgan fingerprint density at radius 2 is 1.81 bits per heavy atom. The average Bonchev–Trinajstić information content (AvgIpc) is 3.16. The van der Waals surface area contributed by atoms with Crippen molar-refractivity contribution < 1.29 is 4.39 Å². The van der Waals surface area contributed by atoms with Gasteiger partial charge in [0.25, 0.3) is 5.56 Å². The minimum absolute atomic E-state index is 0.0299. The van der Waals surface area contributed by atoms with Gasteiger partial charge in [-0.15, -0.1) is 0 Å². The zero-order chi connectivity index (χ0) is 23.2. The maximum absolute atomic E-state index is 14.2. The van der Waals surface area contributed by atoms with Crippen molar-refractivity contribution in [2.45, 2.75) is 33.0 Å². The van der Waals surface area contributed by atoms with Crippen LogP contribution in [0.15, 0.2) is 46.0 Å². The molecule has 0 aliphatic rings. The number of hydrogen-bond acceptors (Lipinski definition) is 5. The second-order valence-corrected chi connectivity index (χ2v) is 8.17. The molecule has 1 atom stereocenters. The van der Waals surface area contributed by atoms with Crippen LogP contribution < -0.4 is 21.9 Å². The predicted molar refractivity (Wildman–Crippen MR) is 125 cm³/mol. The van der Waals surface area contributed by atoms with Crippen LogP contribution in [0.25, 0.3) is 21.9 Å². The van der Waals surface area contributed by atoms with Crippen molar-refractivity contribution >= 4 is 27.9 Å². The number of aryl methyl sites for hydroxylation is 2. The van der Waals surface area contributed by atoms with Gasteiger partial charge in [0.05, 0.1) is 6.54 Å². The van der Waals surface area contributed by atoms with Gasteiger partial charge in [-0.1, -0.05) is 30.3 Å². The summed E-state index contributed by atoms with van der Waals surface area (Å²) in [6, 6.07) is 9.94. The van der Waals surface area contributed by atoms with E-state index in [9.17, 15) is 14.0 Å². The molecule has 0 spiro atoms. The highest BCUT2D eigenvalue weighted by molar-refractivity contribution is 5.86. The minimum atomic E-state index is -0.474. The normalized spacial score (nSPS) is 12.6. The Hall–Kier alpha value is -3.46. The lowest BCUT2D eigenvalue weighted by Crippen LogP contribution is -2.40. The summed E-state index contributed by atoms with van der Waals surface area (Å²) in [7, 11) is 3.46. The van der Waals surface area contributed by atoms with Gasteiger partial charge in [0.2, 0.25) is 5.95 Å². The summed E-state index contributed by atoms with van der Waals surface area (Å²) in [4.78, 5) is 33.1. The van der Waals surface area contributed by atoms with Gasteiger partial charge < -0.3 is 15.2 Å². The van der Waals surface area contributed by atoms with Crippen LogP contribution in [-0.4, -0.2) is 38.3 Å². The number of anilines is 1. The lowest BCUT2D eigenvalue weighted by molar-refractivity contribution is 0.635. The van der Waals surface area contributed by atoms with Crippen LogP contribution in [0.2, 0.25) is 0 Å². The molecule has 8 nitrogen and oxygen atoms in total. The van der Waals surface area contributed by atoms with Gasteiger partial charge in [0, 0.05) is 38.6 Å². The van der Waals surface area contributed by atoms with Gasteiger partial charge in [-0.25, -0.2) is 9.18 Å². The molecule has 0 aliphatic carbocycles. The molecular formula is C23H27FN6O2. The molecule has 168 valence electrons. The zero-order valence-electron chi connectivity index (χ0n) is 18.7. The third-order valence-electron chi connectivity index (χ3n) is 5.72. The highest BCUT2D eigenvalue weighted by atomic mass is 19.1. The molecule has 32 heavy (non-hydrogen) atoms. The van der Waals surface area contributed by atoms with Gasteiger partial charge >= 0.3 is 5.69 Å². The number of aromatic nitrogens is 4. The fourth-order valence-electron chi connectivity index (χ4n) is 4.24. The number of fused-ring (bicyclic) bond motifs is 2. The van der Waals surface area contributed by atoms with E-state index in [-0.39, 0.29) is 18.4 Å². The molecule has 0 aliphatic heterocycles. The molecule has 4 aromatic rings. The highest BCUT2D eigenvalue weighted by Crippen LogP contribution is 2.23. The van der Waals surface area contributed by atoms with Crippen LogP contribution in [0, 0.1) is 5.82 Å². The van der Waals surface area contributed by atoms with E-state index in [1.165, 1.54) is 15.2 Å². The van der Waals surface area contributed by atoms with Crippen LogP contribution in [-0.2, 0) is 20.1 Å². The van der Waals surface area contributed by atoms with Crippen molar-refractivity contribution in [3.63, 3.8) is 0 Å². The molecule has 1 unspecified atom stereocenters. The summed E-state index contributed by atoms with van der Waals surface area (Å²) in [5.41, 5.74) is 6.41. The standard InChI is InChI=1S/C23H27FN6O2/c1-5-29-19-20(26-22(29)27(3)12-14(2)25)28(4)23(32)30(21(19)31)13-15-10-11-18(24)17-9-7-6-8-16(15)17/h6-11,14H,5,12-13,25H2,1-4H3. The summed E-state index contributed by atoms with van der Waals surface area (Å²) >= 11 is 0. The molecule has 0 saturated heterocycles. The SMILES string of the molecule is CCn1c(N(C)CC(C)N)nc2c1c(=O)n(Cc1ccc(F)c3ccccc13)c(=O)n2C. The lowest BCUT2D eigenvalue weighted by atomic mass is 10.0. The molecule has 0 radical (unpaired) electrons. The van der Waals surface area contributed by atoms with Crippen LogP contribution in [0.1, 0.15) is 19.4 Å². The molecule has 4 rings (SSSR count). The predicted octanol–water partition coefficient (Wildman–Crippen LogP) is 2.04. The number of benzene rings is 2. The Morgan fingerprint density at radius 3 is 2.47 bits per heavy atom. The maximum Gasteiger partial charge on any atom is 0.332 e. The van der Waals surface area contributed by atoms with Gasteiger partial charge in [-0.05, 0) is 30.9 Å². The van der Waals surface area contributed by atoms with Crippen LogP contribution in [0.4, 0.5) is 10.3 Å². The van der Waals surface area contributed by atoms with E-state index in [0.717, 1.165) is 0 Å². The molecular weight excluding hydrogens is 411 g/mol. The van der Waals surface area contributed by atoms with E-state index >= 15 is 0 Å². The Morgan fingerprint density at radius 1 is 1.12 bits per heavy atom. The van der Waals surface area contributed by atoms with E-state index in [1.807, 2.05) is 31.9 Å². The van der Waals surface area contributed by atoms with E-state index in [0.29, 0.717) is 46.5 Å². The van der Waals surface area contributed by atoms with Crippen molar-refractivity contribution in [1.82, 2.24) is 18.7 Å². The second-order valence-electron chi connectivity index (χ2n) is 8.17. The number of likely N-dealkylation sites (N-methyl/N-ethyl adjacent to an activating group) is 1. The number of halogens is 1. The average molecular weight is 439 g/mol. The number of hydrogen-bond donors (Lipinski definition) is 1. The first-order chi connectivity index (χ1) is 15.2. The first-order valence-corrected chi connectivity index (χ1v) is 10.6. The first kappa shape index (κ1) is 21.8. The summed E-state index contributed by atoms with van der Waals surface area (Å²) in [5.74, 6) is 0.239. The second kappa shape index (κ2) is 8.23. The van der Waals surface area contributed by atoms with Crippen LogP contribution in [0.3, 0.4) is 0 Å². The lowest BCUT2D eigenvalue weighted by Gasteiger charge is -2.20. The van der Waals surface area contributed by atoms with E-state index < -0.39 is 11.2 Å². The van der Waals surface area contributed by atoms with Gasteiger partial charge in [0.15, 0.2) is 11.2 Å². The first-order valence-electron chi connectivity index (χ1n) is 10.6. The molecule has 0 fully saturated rings. The van der Waals surface area contributed by atoms with E-state index in [2.05, 4.69) is 4.98 Å². The largest absolute Gasteiger partial charge is 0.344 e.